The van der Waals surface area contributed by atoms with Crippen LogP contribution in [0.4, 0.5) is 4.39 Å². The fourth-order valence-electron chi connectivity index (χ4n) is 1.48. The number of aromatic amines is 1. The molecule has 1 heterocycles. The van der Waals surface area contributed by atoms with E-state index in [4.69, 9.17) is 28.5 Å². The Balaban J connectivity index is 2.84. The zero-order valence-corrected chi connectivity index (χ0v) is 10.6. The third kappa shape index (κ3) is 2.38. The van der Waals surface area contributed by atoms with Crippen LogP contribution in [0.2, 0.25) is 10.0 Å². The van der Waals surface area contributed by atoms with Crippen LogP contribution >= 0.6 is 23.2 Å². The van der Waals surface area contributed by atoms with Crippen molar-refractivity contribution in [2.75, 3.05) is 0 Å². The number of hydrogen-bond acceptors (Lipinski definition) is 3. The summed E-state index contributed by atoms with van der Waals surface area (Å²) < 4.78 is 13.9. The van der Waals surface area contributed by atoms with E-state index in [0.29, 0.717) is 0 Å². The second kappa shape index (κ2) is 4.88. The molecule has 96 valence electrons. The van der Waals surface area contributed by atoms with E-state index in [1.165, 1.54) is 0 Å². The Morgan fingerprint density at radius 1 is 1.26 bits per heavy atom. The van der Waals surface area contributed by atoms with Crippen LogP contribution in [0.5, 0.6) is 0 Å². The van der Waals surface area contributed by atoms with Crippen molar-refractivity contribution in [1.29, 1.82) is 5.26 Å². The lowest BCUT2D eigenvalue weighted by molar-refractivity contribution is 0.627. The third-order valence-corrected chi connectivity index (χ3v) is 2.86. The molecule has 1 aromatic carbocycles. The highest BCUT2D eigenvalue weighted by molar-refractivity contribution is 6.37. The Kier molecular flexibility index (Phi) is 3.42. The number of nitriles is 1. The van der Waals surface area contributed by atoms with E-state index in [2.05, 4.69) is 0 Å². The minimum Gasteiger partial charge on any atom is -0.273 e. The molecule has 1 N–H and O–H groups in total. The predicted molar refractivity (Wildman–Crippen MR) is 67.4 cm³/mol. The Morgan fingerprint density at radius 2 is 1.84 bits per heavy atom. The molecule has 0 atom stereocenters. The molecule has 1 aromatic heterocycles. The fraction of sp³-hybridized carbons (Fsp3) is 0. The summed E-state index contributed by atoms with van der Waals surface area (Å²) in [6.45, 7) is 0. The number of benzene rings is 1. The van der Waals surface area contributed by atoms with Gasteiger partial charge in [0.05, 0.1) is 15.7 Å². The summed E-state index contributed by atoms with van der Waals surface area (Å²) in [6.07, 6.45) is 0.992. The first-order chi connectivity index (χ1) is 8.93. The van der Waals surface area contributed by atoms with Crippen LogP contribution in [-0.2, 0) is 0 Å². The average molecular weight is 300 g/mol. The zero-order chi connectivity index (χ0) is 14.2. The quantitative estimate of drug-likeness (QED) is 0.872. The highest BCUT2D eigenvalue weighted by Gasteiger charge is 2.14. The van der Waals surface area contributed by atoms with E-state index in [1.807, 2.05) is 4.98 Å². The molecule has 19 heavy (non-hydrogen) atoms. The normalized spacial score (nSPS) is 10.2. The van der Waals surface area contributed by atoms with Crippen molar-refractivity contribution in [3.63, 3.8) is 0 Å². The van der Waals surface area contributed by atoms with Crippen LogP contribution < -0.4 is 11.2 Å². The van der Waals surface area contributed by atoms with E-state index < -0.39 is 17.1 Å². The van der Waals surface area contributed by atoms with Crippen LogP contribution in [0.1, 0.15) is 5.56 Å². The molecule has 0 aliphatic heterocycles. The van der Waals surface area contributed by atoms with E-state index in [1.54, 1.807) is 6.07 Å². The Bertz CT molecular complexity index is 797. The maximum atomic E-state index is 13.1. The number of aromatic nitrogens is 2. The SMILES string of the molecule is N#Cc1cn(-c2c(Cl)cc(F)cc2Cl)c(=O)[nH]c1=O. The van der Waals surface area contributed by atoms with Gasteiger partial charge in [-0.15, -0.1) is 0 Å². The number of nitrogens with zero attached hydrogens (tertiary/aromatic N) is 2. The zero-order valence-electron chi connectivity index (χ0n) is 9.08. The van der Waals surface area contributed by atoms with Crippen LogP contribution in [0.15, 0.2) is 27.9 Å². The summed E-state index contributed by atoms with van der Waals surface area (Å²) in [5, 5.41) is 8.51. The number of nitrogens with one attached hydrogen (secondary N) is 1. The van der Waals surface area contributed by atoms with Crippen molar-refractivity contribution in [1.82, 2.24) is 9.55 Å². The van der Waals surface area contributed by atoms with Crippen molar-refractivity contribution < 1.29 is 4.39 Å². The Hall–Kier alpha value is -2.10. The van der Waals surface area contributed by atoms with Gasteiger partial charge in [0, 0.05) is 6.20 Å². The maximum absolute atomic E-state index is 13.1. The highest BCUT2D eigenvalue weighted by Crippen LogP contribution is 2.28. The summed E-state index contributed by atoms with van der Waals surface area (Å²) in [5.41, 5.74) is -1.96. The minimum atomic E-state index is -0.834. The van der Waals surface area contributed by atoms with Gasteiger partial charge >= 0.3 is 5.69 Å². The lowest BCUT2D eigenvalue weighted by Crippen LogP contribution is -2.30. The Morgan fingerprint density at radius 3 is 2.37 bits per heavy atom. The highest BCUT2D eigenvalue weighted by atomic mass is 35.5. The van der Waals surface area contributed by atoms with Gasteiger partial charge in [0.1, 0.15) is 17.4 Å². The standard InChI is InChI=1S/C11H4Cl2FN3O2/c12-7-1-6(14)2-8(13)9(7)17-4-5(3-15)10(18)16-11(17)19/h1-2,4H,(H,16,18,19). The molecule has 0 radical (unpaired) electrons. The smallest absolute Gasteiger partial charge is 0.273 e. The molecule has 0 aliphatic rings. The van der Waals surface area contributed by atoms with Crippen molar-refractivity contribution >= 4 is 23.2 Å². The third-order valence-electron chi connectivity index (χ3n) is 2.29. The van der Waals surface area contributed by atoms with Crippen molar-refractivity contribution in [3.05, 3.63) is 60.6 Å². The molecule has 2 aromatic rings. The van der Waals surface area contributed by atoms with E-state index in [9.17, 15) is 14.0 Å². The predicted octanol–water partition coefficient (Wildman–Crippen LogP) is 1.84. The molecule has 0 spiro atoms. The van der Waals surface area contributed by atoms with Gasteiger partial charge in [-0.25, -0.2) is 9.18 Å². The molecule has 0 fully saturated rings. The monoisotopic (exact) mass is 299 g/mol. The first kappa shape index (κ1) is 13.3. The van der Waals surface area contributed by atoms with E-state index in [-0.39, 0.29) is 21.3 Å². The summed E-state index contributed by atoms with van der Waals surface area (Å²) in [6, 6.07) is 3.55. The van der Waals surface area contributed by atoms with Crippen molar-refractivity contribution in [2.24, 2.45) is 0 Å². The molecule has 0 bridgehead atoms. The second-order valence-corrected chi connectivity index (χ2v) is 4.32. The fourth-order valence-corrected chi connectivity index (χ4v) is 2.12. The molecule has 0 aliphatic carbocycles. The van der Waals surface area contributed by atoms with E-state index in [0.717, 1.165) is 22.9 Å². The molecular formula is C11H4Cl2FN3O2. The minimum absolute atomic E-state index is 0.0116. The van der Waals surface area contributed by atoms with E-state index >= 15 is 0 Å². The molecule has 0 saturated heterocycles. The first-order valence-corrected chi connectivity index (χ1v) is 5.60. The number of rotatable bonds is 1. The topological polar surface area (TPSA) is 78.7 Å². The first-order valence-electron chi connectivity index (χ1n) is 4.85. The molecule has 0 saturated carbocycles. The van der Waals surface area contributed by atoms with Gasteiger partial charge in [0.15, 0.2) is 0 Å². The van der Waals surface area contributed by atoms with Gasteiger partial charge in [-0.3, -0.25) is 14.3 Å². The van der Waals surface area contributed by atoms with Gasteiger partial charge in [-0.2, -0.15) is 5.26 Å². The summed E-state index contributed by atoms with van der Waals surface area (Å²) >= 11 is 11.6. The molecule has 2 rings (SSSR count). The van der Waals surface area contributed by atoms with Gasteiger partial charge in [-0.05, 0) is 12.1 Å². The van der Waals surface area contributed by atoms with Crippen LogP contribution in [-0.4, -0.2) is 9.55 Å². The van der Waals surface area contributed by atoms with Gasteiger partial charge in [0.2, 0.25) is 0 Å². The summed E-state index contributed by atoms with van der Waals surface area (Å²) in [7, 11) is 0. The maximum Gasteiger partial charge on any atom is 0.333 e. The van der Waals surface area contributed by atoms with Gasteiger partial charge < -0.3 is 0 Å². The van der Waals surface area contributed by atoms with Gasteiger partial charge in [0.25, 0.3) is 5.56 Å². The van der Waals surface area contributed by atoms with Crippen LogP contribution in [0.3, 0.4) is 0 Å². The molecule has 0 unspecified atom stereocenters. The lowest BCUT2D eigenvalue weighted by Gasteiger charge is -2.09. The van der Waals surface area contributed by atoms with Crippen LogP contribution in [0.25, 0.3) is 5.69 Å². The summed E-state index contributed by atoms with van der Waals surface area (Å²) in [4.78, 5) is 24.9. The molecule has 5 nitrogen and oxygen atoms in total. The lowest BCUT2D eigenvalue weighted by atomic mass is 10.3. The molecule has 8 heteroatoms. The number of halogens is 3. The summed E-state index contributed by atoms with van der Waals surface area (Å²) in [5.74, 6) is -0.670. The number of hydrogen-bond donors (Lipinski definition) is 1. The number of H-pyrrole nitrogens is 1. The average Bonchev–Trinajstić information content (AvgIpc) is 2.30. The van der Waals surface area contributed by atoms with Crippen LogP contribution in [0, 0.1) is 17.1 Å². The van der Waals surface area contributed by atoms with Crippen molar-refractivity contribution in [3.8, 4) is 11.8 Å². The second-order valence-electron chi connectivity index (χ2n) is 3.50. The van der Waals surface area contributed by atoms with Crippen molar-refractivity contribution in [2.45, 2.75) is 0 Å². The molecule has 0 amide bonds. The molecular weight excluding hydrogens is 296 g/mol. The largest absolute Gasteiger partial charge is 0.333 e. The Labute approximate surface area is 115 Å². The van der Waals surface area contributed by atoms with Gasteiger partial charge in [-0.1, -0.05) is 23.2 Å².